The van der Waals surface area contributed by atoms with Crippen LogP contribution in [0.5, 0.6) is 0 Å². The number of piperidine rings is 1. The molecule has 100 valence electrons. The second kappa shape index (κ2) is 4.78. The number of aromatic nitrogens is 2. The lowest BCUT2D eigenvalue weighted by molar-refractivity contribution is 0.258. The third kappa shape index (κ3) is 2.28. The molecular weight excluding hydrogens is 236 g/mol. The van der Waals surface area contributed by atoms with Crippen LogP contribution in [0.4, 0.5) is 5.82 Å². The Morgan fingerprint density at radius 2 is 2.00 bits per heavy atom. The Morgan fingerprint density at radius 3 is 2.74 bits per heavy atom. The molecule has 1 fully saturated rings. The van der Waals surface area contributed by atoms with Gasteiger partial charge in [-0.25, -0.2) is 0 Å². The molecule has 4 nitrogen and oxygen atoms in total. The average molecular weight is 256 g/mol. The maximum absolute atomic E-state index is 5.87. The van der Waals surface area contributed by atoms with E-state index in [1.54, 1.807) is 0 Å². The van der Waals surface area contributed by atoms with Crippen molar-refractivity contribution in [2.45, 2.75) is 19.8 Å². The molecule has 0 aliphatic carbocycles. The van der Waals surface area contributed by atoms with E-state index < -0.39 is 0 Å². The molecule has 1 aromatic heterocycles. The first-order chi connectivity index (χ1) is 9.22. The van der Waals surface area contributed by atoms with E-state index in [0.717, 1.165) is 43.7 Å². The van der Waals surface area contributed by atoms with E-state index in [4.69, 9.17) is 5.73 Å². The van der Waals surface area contributed by atoms with Gasteiger partial charge in [0.2, 0.25) is 0 Å². The highest BCUT2D eigenvalue weighted by molar-refractivity contribution is 5.91. The van der Waals surface area contributed by atoms with Crippen LogP contribution in [0.1, 0.15) is 19.8 Å². The van der Waals surface area contributed by atoms with Gasteiger partial charge < -0.3 is 10.6 Å². The number of hydrogen-bond donors (Lipinski definition) is 1. The average Bonchev–Trinajstić information content (AvgIpc) is 2.48. The summed E-state index contributed by atoms with van der Waals surface area (Å²) in [7, 11) is 0. The van der Waals surface area contributed by atoms with Gasteiger partial charge in [0.05, 0.1) is 6.20 Å². The molecule has 2 aromatic rings. The van der Waals surface area contributed by atoms with E-state index >= 15 is 0 Å². The van der Waals surface area contributed by atoms with E-state index in [1.165, 1.54) is 5.39 Å². The number of nitrogens with two attached hydrogens (primary N) is 1. The molecule has 2 N–H and O–H groups in total. The van der Waals surface area contributed by atoms with Crippen molar-refractivity contribution in [2.24, 2.45) is 11.1 Å². The van der Waals surface area contributed by atoms with Crippen LogP contribution in [0.3, 0.4) is 0 Å². The molecule has 0 amide bonds. The molecule has 4 heteroatoms. The number of hydrogen-bond acceptors (Lipinski definition) is 4. The summed E-state index contributed by atoms with van der Waals surface area (Å²) in [5.41, 5.74) is 6.15. The molecule has 1 saturated heterocycles. The fourth-order valence-electron chi connectivity index (χ4n) is 2.71. The Balaban J connectivity index is 1.90. The lowest BCUT2D eigenvalue weighted by Gasteiger charge is -2.39. The van der Waals surface area contributed by atoms with Gasteiger partial charge in [-0.3, -0.25) is 0 Å². The maximum atomic E-state index is 5.87. The Kier molecular flexibility index (Phi) is 3.11. The lowest BCUT2D eigenvalue weighted by atomic mass is 9.80. The summed E-state index contributed by atoms with van der Waals surface area (Å²) in [6.45, 7) is 5.06. The molecule has 1 aliphatic rings. The van der Waals surface area contributed by atoms with Crippen molar-refractivity contribution in [3.8, 4) is 0 Å². The topological polar surface area (TPSA) is 55.0 Å². The van der Waals surface area contributed by atoms with Gasteiger partial charge in [0.25, 0.3) is 0 Å². The fourth-order valence-corrected chi connectivity index (χ4v) is 2.71. The SMILES string of the molecule is CC1(CN)CCN(c2nncc3ccccc23)CC1. The summed E-state index contributed by atoms with van der Waals surface area (Å²) in [5.74, 6) is 1.01. The van der Waals surface area contributed by atoms with Gasteiger partial charge in [-0.1, -0.05) is 31.2 Å². The van der Waals surface area contributed by atoms with Crippen LogP contribution in [0.2, 0.25) is 0 Å². The van der Waals surface area contributed by atoms with Gasteiger partial charge in [-0.2, -0.15) is 5.10 Å². The molecule has 0 spiro atoms. The Labute approximate surface area is 113 Å². The summed E-state index contributed by atoms with van der Waals surface area (Å²) >= 11 is 0. The molecule has 0 unspecified atom stereocenters. The first kappa shape index (κ1) is 12.4. The lowest BCUT2D eigenvalue weighted by Crippen LogP contribution is -2.42. The van der Waals surface area contributed by atoms with Crippen LogP contribution in [0.15, 0.2) is 30.5 Å². The van der Waals surface area contributed by atoms with Crippen LogP contribution in [-0.2, 0) is 0 Å². The normalized spacial score (nSPS) is 18.7. The van der Waals surface area contributed by atoms with E-state index in [9.17, 15) is 0 Å². The summed E-state index contributed by atoms with van der Waals surface area (Å²) < 4.78 is 0. The van der Waals surface area contributed by atoms with Crippen LogP contribution in [-0.4, -0.2) is 29.8 Å². The van der Waals surface area contributed by atoms with Gasteiger partial charge in [0.15, 0.2) is 5.82 Å². The van der Waals surface area contributed by atoms with E-state index in [1.807, 2.05) is 12.3 Å². The Bertz CT molecular complexity index is 568. The Hall–Kier alpha value is -1.68. The van der Waals surface area contributed by atoms with Crippen LogP contribution in [0, 0.1) is 5.41 Å². The number of fused-ring (bicyclic) bond motifs is 1. The molecule has 1 aliphatic heterocycles. The van der Waals surface area contributed by atoms with Gasteiger partial charge in [0.1, 0.15) is 0 Å². The highest BCUT2D eigenvalue weighted by Gasteiger charge is 2.29. The van der Waals surface area contributed by atoms with Gasteiger partial charge in [-0.05, 0) is 24.8 Å². The first-order valence-electron chi connectivity index (χ1n) is 6.87. The van der Waals surface area contributed by atoms with E-state index in [0.29, 0.717) is 0 Å². The third-order valence-corrected chi connectivity index (χ3v) is 4.31. The van der Waals surface area contributed by atoms with Crippen LogP contribution < -0.4 is 10.6 Å². The zero-order valence-corrected chi connectivity index (χ0v) is 11.3. The number of benzene rings is 1. The molecule has 3 rings (SSSR count). The number of nitrogens with zero attached hydrogens (tertiary/aromatic N) is 3. The first-order valence-corrected chi connectivity index (χ1v) is 6.87. The second-order valence-electron chi connectivity index (χ2n) is 5.76. The van der Waals surface area contributed by atoms with Gasteiger partial charge >= 0.3 is 0 Å². The van der Waals surface area contributed by atoms with Crippen molar-refractivity contribution in [1.29, 1.82) is 0 Å². The van der Waals surface area contributed by atoms with Crippen LogP contribution in [0.25, 0.3) is 10.8 Å². The number of anilines is 1. The fraction of sp³-hybridized carbons (Fsp3) is 0.467. The van der Waals surface area contributed by atoms with Crippen molar-refractivity contribution in [3.63, 3.8) is 0 Å². The monoisotopic (exact) mass is 256 g/mol. The van der Waals surface area contributed by atoms with Crippen molar-refractivity contribution in [2.75, 3.05) is 24.5 Å². The second-order valence-corrected chi connectivity index (χ2v) is 5.76. The minimum Gasteiger partial charge on any atom is -0.355 e. The van der Waals surface area contributed by atoms with Crippen molar-refractivity contribution in [1.82, 2.24) is 10.2 Å². The summed E-state index contributed by atoms with van der Waals surface area (Å²) in [5, 5.41) is 10.8. The van der Waals surface area contributed by atoms with E-state index in [-0.39, 0.29) is 5.41 Å². The molecule has 19 heavy (non-hydrogen) atoms. The molecule has 2 heterocycles. The summed E-state index contributed by atoms with van der Waals surface area (Å²) in [6, 6.07) is 8.30. The standard InChI is InChI=1S/C15H20N4/c1-15(11-16)6-8-19(9-7-15)14-13-5-3-2-4-12(13)10-17-18-14/h2-5,10H,6-9,11,16H2,1H3. The molecule has 0 atom stereocenters. The largest absolute Gasteiger partial charge is 0.355 e. The number of rotatable bonds is 2. The zero-order valence-electron chi connectivity index (χ0n) is 11.3. The molecular formula is C15H20N4. The highest BCUT2D eigenvalue weighted by Crippen LogP contribution is 2.33. The van der Waals surface area contributed by atoms with E-state index in [2.05, 4.69) is 40.2 Å². The Morgan fingerprint density at radius 1 is 1.26 bits per heavy atom. The van der Waals surface area contributed by atoms with Gasteiger partial charge in [-0.15, -0.1) is 5.10 Å². The van der Waals surface area contributed by atoms with Crippen molar-refractivity contribution < 1.29 is 0 Å². The van der Waals surface area contributed by atoms with Gasteiger partial charge in [0, 0.05) is 23.9 Å². The predicted octanol–water partition coefficient (Wildman–Crippen LogP) is 2.20. The maximum Gasteiger partial charge on any atom is 0.159 e. The van der Waals surface area contributed by atoms with Crippen molar-refractivity contribution in [3.05, 3.63) is 30.5 Å². The summed E-state index contributed by atoms with van der Waals surface area (Å²) in [4.78, 5) is 2.34. The highest BCUT2D eigenvalue weighted by atomic mass is 15.3. The minimum absolute atomic E-state index is 0.286. The molecule has 0 bridgehead atoms. The summed E-state index contributed by atoms with van der Waals surface area (Å²) in [6.07, 6.45) is 4.07. The molecule has 1 aromatic carbocycles. The quantitative estimate of drug-likeness (QED) is 0.895. The minimum atomic E-state index is 0.286. The molecule has 0 radical (unpaired) electrons. The third-order valence-electron chi connectivity index (χ3n) is 4.31. The molecule has 0 saturated carbocycles. The zero-order chi connectivity index (χ0) is 13.3. The van der Waals surface area contributed by atoms with Crippen molar-refractivity contribution >= 4 is 16.6 Å². The predicted molar refractivity (Wildman–Crippen MR) is 78.1 cm³/mol. The smallest absolute Gasteiger partial charge is 0.159 e. The van der Waals surface area contributed by atoms with Crippen LogP contribution >= 0.6 is 0 Å².